The van der Waals surface area contributed by atoms with Crippen molar-refractivity contribution in [2.75, 3.05) is 33.7 Å². The van der Waals surface area contributed by atoms with E-state index in [1.165, 1.54) is 6.08 Å². The van der Waals surface area contributed by atoms with Gasteiger partial charge in [0.2, 0.25) is 5.91 Å². The predicted molar refractivity (Wildman–Crippen MR) is 55.3 cm³/mol. The number of halogens is 1. The molecule has 0 radical (unpaired) electrons. The molecule has 0 unspecified atom stereocenters. The van der Waals surface area contributed by atoms with E-state index < -0.39 is 0 Å². The minimum atomic E-state index is -0.0817. The molecule has 0 atom stereocenters. The normalized spacial score (nSPS) is 10.2. The number of amides is 1. The third-order valence-corrected chi connectivity index (χ3v) is 2.28. The van der Waals surface area contributed by atoms with Crippen molar-refractivity contribution in [1.29, 1.82) is 0 Å². The van der Waals surface area contributed by atoms with Crippen molar-refractivity contribution < 1.29 is 14.0 Å². The Bertz CT molecular complexity index is 181. The van der Waals surface area contributed by atoms with Crippen LogP contribution in [0.5, 0.6) is 0 Å². The van der Waals surface area contributed by atoms with Crippen molar-refractivity contribution in [3.8, 4) is 0 Å². The fourth-order valence-corrected chi connectivity index (χ4v) is 0.949. The van der Waals surface area contributed by atoms with Crippen LogP contribution in [0, 0.1) is 0 Å². The Morgan fingerprint density at radius 1 is 1.50 bits per heavy atom. The molecule has 1 N–H and O–H groups in total. The molecule has 0 saturated heterocycles. The van der Waals surface area contributed by atoms with Gasteiger partial charge < -0.3 is 14.5 Å². The van der Waals surface area contributed by atoms with Crippen LogP contribution in [0.2, 0.25) is 0 Å². The highest BCUT2D eigenvalue weighted by molar-refractivity contribution is 5.86. The molecule has 0 aliphatic carbocycles. The third-order valence-electron chi connectivity index (χ3n) is 2.28. The summed E-state index contributed by atoms with van der Waals surface area (Å²) in [6.45, 7) is 8.51. The second-order valence-electron chi connectivity index (χ2n) is 3.82. The molecule has 0 spiro atoms. The van der Waals surface area contributed by atoms with E-state index in [0.29, 0.717) is 0 Å². The second kappa shape index (κ2) is 7.50. The van der Waals surface area contributed by atoms with E-state index in [9.17, 15) is 4.79 Å². The van der Waals surface area contributed by atoms with Gasteiger partial charge in [-0.15, -0.1) is 0 Å². The van der Waals surface area contributed by atoms with Gasteiger partial charge in [0, 0.05) is 13.0 Å². The van der Waals surface area contributed by atoms with Crippen molar-refractivity contribution in [3.05, 3.63) is 12.7 Å². The van der Waals surface area contributed by atoms with Gasteiger partial charge in [-0.1, -0.05) is 6.58 Å². The molecule has 0 fully saturated rings. The summed E-state index contributed by atoms with van der Waals surface area (Å²) in [4.78, 5) is 10.8. The monoisotopic (exact) mass is 204 g/mol. The Morgan fingerprint density at radius 2 is 2.07 bits per heavy atom. The smallest absolute Gasteiger partial charge is 0.243 e. The highest BCUT2D eigenvalue weighted by Gasteiger charge is 2.10. The third kappa shape index (κ3) is 7.73. The SMILES string of the molecule is C=CC(=O)NCCC[N+](C)(C)CC.[F-]. The molecule has 0 aliphatic heterocycles. The van der Waals surface area contributed by atoms with Gasteiger partial charge in [0.1, 0.15) is 0 Å². The van der Waals surface area contributed by atoms with Gasteiger partial charge in [0.05, 0.1) is 27.2 Å². The van der Waals surface area contributed by atoms with Gasteiger partial charge in [-0.25, -0.2) is 0 Å². The van der Waals surface area contributed by atoms with Crippen LogP contribution in [0.1, 0.15) is 13.3 Å². The Labute approximate surface area is 85.7 Å². The molecule has 0 aromatic rings. The number of carbonyl (C=O) groups is 1. The highest BCUT2D eigenvalue weighted by Crippen LogP contribution is 1.96. The van der Waals surface area contributed by atoms with Gasteiger partial charge >= 0.3 is 0 Å². The molecule has 4 heteroatoms. The lowest BCUT2D eigenvalue weighted by molar-refractivity contribution is -0.888. The van der Waals surface area contributed by atoms with Crippen LogP contribution in [0.25, 0.3) is 0 Å². The Hall–Kier alpha value is -0.900. The predicted octanol–water partition coefficient (Wildman–Crippen LogP) is -2.22. The van der Waals surface area contributed by atoms with E-state index in [-0.39, 0.29) is 10.6 Å². The van der Waals surface area contributed by atoms with Crippen LogP contribution in [-0.4, -0.2) is 44.1 Å². The molecule has 0 rings (SSSR count). The summed E-state index contributed by atoms with van der Waals surface area (Å²) >= 11 is 0. The topological polar surface area (TPSA) is 29.1 Å². The van der Waals surface area contributed by atoms with Crippen LogP contribution in [0.15, 0.2) is 12.7 Å². The summed E-state index contributed by atoms with van der Waals surface area (Å²) < 4.78 is 1.00. The molecule has 3 nitrogen and oxygen atoms in total. The summed E-state index contributed by atoms with van der Waals surface area (Å²) in [5, 5.41) is 2.76. The number of hydrogen-bond donors (Lipinski definition) is 1. The quantitative estimate of drug-likeness (QED) is 0.296. The molecule has 14 heavy (non-hydrogen) atoms. The molecule has 84 valence electrons. The van der Waals surface area contributed by atoms with Crippen molar-refractivity contribution >= 4 is 5.91 Å². The Kier molecular flexibility index (Phi) is 8.34. The van der Waals surface area contributed by atoms with E-state index in [4.69, 9.17) is 0 Å². The molecule has 0 heterocycles. The number of hydrogen-bond acceptors (Lipinski definition) is 1. The summed E-state index contributed by atoms with van der Waals surface area (Å²) in [6.07, 6.45) is 2.32. The molecular formula is C10H21FN2O. The van der Waals surface area contributed by atoms with Crippen molar-refractivity contribution in [1.82, 2.24) is 5.32 Å². The zero-order valence-corrected chi connectivity index (χ0v) is 9.35. The van der Waals surface area contributed by atoms with E-state index in [0.717, 1.165) is 30.5 Å². The average molecular weight is 204 g/mol. The summed E-state index contributed by atoms with van der Waals surface area (Å²) in [5.41, 5.74) is 0. The lowest BCUT2D eigenvalue weighted by atomic mass is 10.3. The zero-order chi connectivity index (χ0) is 10.3. The van der Waals surface area contributed by atoms with Gasteiger partial charge in [-0.3, -0.25) is 4.79 Å². The van der Waals surface area contributed by atoms with Crippen LogP contribution < -0.4 is 10.0 Å². The first kappa shape index (κ1) is 15.6. The highest BCUT2D eigenvalue weighted by atomic mass is 19.0. The summed E-state index contributed by atoms with van der Waals surface area (Å²) in [5.74, 6) is -0.0817. The van der Waals surface area contributed by atoms with E-state index in [2.05, 4.69) is 32.9 Å². The van der Waals surface area contributed by atoms with Crippen LogP contribution in [-0.2, 0) is 4.79 Å². The molecule has 0 bridgehead atoms. The maximum atomic E-state index is 10.8. The molecule has 0 aromatic carbocycles. The first-order chi connectivity index (χ1) is 6.02. The molecule has 1 amide bonds. The lowest BCUT2D eigenvalue weighted by Crippen LogP contribution is -3.00. The molecular weight excluding hydrogens is 183 g/mol. The first-order valence-electron chi connectivity index (χ1n) is 4.74. The van der Waals surface area contributed by atoms with E-state index in [1.54, 1.807) is 0 Å². The lowest BCUT2D eigenvalue weighted by Gasteiger charge is -2.28. The van der Waals surface area contributed by atoms with Gasteiger partial charge in [-0.05, 0) is 13.0 Å². The van der Waals surface area contributed by atoms with E-state index in [1.807, 2.05) is 0 Å². The zero-order valence-electron chi connectivity index (χ0n) is 9.35. The van der Waals surface area contributed by atoms with Crippen LogP contribution in [0.3, 0.4) is 0 Å². The Balaban J connectivity index is 0. The molecule has 0 saturated carbocycles. The minimum Gasteiger partial charge on any atom is -1.00 e. The first-order valence-corrected chi connectivity index (χ1v) is 4.74. The van der Waals surface area contributed by atoms with Gasteiger partial charge in [0.25, 0.3) is 0 Å². The molecule has 0 aromatic heterocycles. The van der Waals surface area contributed by atoms with Crippen molar-refractivity contribution in [3.63, 3.8) is 0 Å². The second-order valence-corrected chi connectivity index (χ2v) is 3.82. The minimum absolute atomic E-state index is 0. The van der Waals surface area contributed by atoms with Crippen LogP contribution >= 0.6 is 0 Å². The Morgan fingerprint density at radius 3 is 2.50 bits per heavy atom. The maximum absolute atomic E-state index is 10.8. The number of rotatable bonds is 6. The van der Waals surface area contributed by atoms with Crippen molar-refractivity contribution in [2.45, 2.75) is 13.3 Å². The summed E-state index contributed by atoms with van der Waals surface area (Å²) in [7, 11) is 4.38. The summed E-state index contributed by atoms with van der Waals surface area (Å²) in [6, 6.07) is 0. The van der Waals surface area contributed by atoms with Gasteiger partial charge in [0.15, 0.2) is 0 Å². The van der Waals surface area contributed by atoms with Crippen molar-refractivity contribution in [2.24, 2.45) is 0 Å². The van der Waals surface area contributed by atoms with Gasteiger partial charge in [-0.2, -0.15) is 0 Å². The number of carbonyl (C=O) groups excluding carboxylic acids is 1. The largest absolute Gasteiger partial charge is 1.00 e. The standard InChI is InChI=1S/C10H20N2O.FH/c1-5-10(13)11-8-7-9-12(3,4)6-2;/h5H,1,6-9H2,2-4H3;1H. The fraction of sp³-hybridized carbons (Fsp3) is 0.700. The maximum Gasteiger partial charge on any atom is 0.243 e. The number of quaternary nitrogens is 1. The average Bonchev–Trinajstić information content (AvgIpc) is 2.12. The number of nitrogens with one attached hydrogen (secondary N) is 1. The number of nitrogens with zero attached hydrogens (tertiary/aromatic N) is 1. The molecule has 0 aliphatic rings. The fourth-order valence-electron chi connectivity index (χ4n) is 0.949. The van der Waals surface area contributed by atoms with Crippen LogP contribution in [0.4, 0.5) is 0 Å². The van der Waals surface area contributed by atoms with E-state index >= 15 is 0 Å².